The number of carbonyl (C=O) groups is 2. The average Bonchev–Trinajstić information content (AvgIpc) is 2.99. The van der Waals surface area contributed by atoms with E-state index in [1.165, 1.54) is 31.0 Å². The first-order chi connectivity index (χ1) is 14.7. The maximum Gasteiger partial charge on any atom is 0.268 e. The fourth-order valence-electron chi connectivity index (χ4n) is 4.26. The van der Waals surface area contributed by atoms with Crippen LogP contribution in [0, 0.1) is 0 Å². The molecule has 30 heavy (non-hydrogen) atoms. The molecule has 1 saturated carbocycles. The van der Waals surface area contributed by atoms with Gasteiger partial charge in [0.05, 0.1) is 17.6 Å². The van der Waals surface area contributed by atoms with E-state index in [2.05, 4.69) is 0 Å². The number of amides is 2. The summed E-state index contributed by atoms with van der Waals surface area (Å²) in [5, 5.41) is 0. The van der Waals surface area contributed by atoms with Crippen molar-refractivity contribution >= 4 is 29.1 Å². The molecule has 2 amide bonds. The zero-order chi connectivity index (χ0) is 20.9. The van der Waals surface area contributed by atoms with Crippen LogP contribution in [0.25, 0.3) is 5.57 Å². The fraction of sp³-hybridized carbons (Fsp3) is 0.360. The number of imide groups is 1. The molecule has 1 aliphatic carbocycles. The van der Waals surface area contributed by atoms with Crippen LogP contribution in [0.2, 0.25) is 0 Å². The molecule has 1 heterocycles. The Morgan fingerprint density at radius 3 is 2.10 bits per heavy atom. The number of benzene rings is 2. The molecule has 4 nitrogen and oxygen atoms in total. The first-order valence-electron chi connectivity index (χ1n) is 10.7. The molecule has 5 heteroatoms. The van der Waals surface area contributed by atoms with Crippen LogP contribution in [0.3, 0.4) is 0 Å². The summed E-state index contributed by atoms with van der Waals surface area (Å²) < 4.78 is 5.26. The van der Waals surface area contributed by atoms with Gasteiger partial charge in [-0.15, -0.1) is 0 Å². The van der Waals surface area contributed by atoms with Crippen LogP contribution in [-0.4, -0.2) is 29.9 Å². The minimum absolute atomic E-state index is 0.00702. The Balaban J connectivity index is 1.71. The van der Waals surface area contributed by atoms with Crippen LogP contribution in [0.1, 0.15) is 50.5 Å². The maximum atomic E-state index is 13.6. The predicted molar refractivity (Wildman–Crippen MR) is 120 cm³/mol. The number of hydrogen-bond acceptors (Lipinski definition) is 4. The normalized spacial score (nSPS) is 18.5. The second-order valence-electron chi connectivity index (χ2n) is 7.83. The Hall–Kier alpha value is -2.53. The molecule has 1 fully saturated rings. The van der Waals surface area contributed by atoms with Crippen molar-refractivity contribution in [3.8, 4) is 5.75 Å². The number of carbonyl (C=O) groups excluding carboxylic acids is 2. The largest absolute Gasteiger partial charge is 0.497 e. The Labute approximate surface area is 182 Å². The Bertz CT molecular complexity index is 929. The molecule has 156 valence electrons. The van der Waals surface area contributed by atoms with Gasteiger partial charge in [-0.25, -0.2) is 0 Å². The summed E-state index contributed by atoms with van der Waals surface area (Å²) in [5.74, 6) is 0.421. The van der Waals surface area contributed by atoms with E-state index in [1.807, 2.05) is 54.6 Å². The van der Waals surface area contributed by atoms with Crippen LogP contribution in [0.4, 0.5) is 0 Å². The Kier molecular flexibility index (Phi) is 6.58. The van der Waals surface area contributed by atoms with Crippen molar-refractivity contribution in [3.05, 3.63) is 65.1 Å². The molecule has 2 aromatic rings. The van der Waals surface area contributed by atoms with Crippen molar-refractivity contribution in [2.45, 2.75) is 55.9 Å². The molecule has 0 atom stereocenters. The minimum Gasteiger partial charge on any atom is -0.497 e. The summed E-state index contributed by atoms with van der Waals surface area (Å²) in [6, 6.07) is 17.2. The van der Waals surface area contributed by atoms with Crippen LogP contribution in [0.15, 0.2) is 64.4 Å². The third-order valence-corrected chi connectivity index (χ3v) is 6.95. The van der Waals surface area contributed by atoms with Gasteiger partial charge in [0.2, 0.25) is 0 Å². The van der Waals surface area contributed by atoms with E-state index < -0.39 is 0 Å². The van der Waals surface area contributed by atoms with E-state index in [9.17, 15) is 9.59 Å². The van der Waals surface area contributed by atoms with Crippen molar-refractivity contribution < 1.29 is 14.3 Å². The van der Waals surface area contributed by atoms with Gasteiger partial charge in [0.1, 0.15) is 5.75 Å². The summed E-state index contributed by atoms with van der Waals surface area (Å²) in [5.41, 5.74) is 1.28. The van der Waals surface area contributed by atoms with Gasteiger partial charge >= 0.3 is 0 Å². The van der Waals surface area contributed by atoms with E-state index in [1.54, 1.807) is 12.0 Å². The number of thioether (sulfide) groups is 1. The van der Waals surface area contributed by atoms with Gasteiger partial charge in [0.25, 0.3) is 11.8 Å². The highest BCUT2D eigenvalue weighted by Crippen LogP contribution is 2.41. The summed E-state index contributed by atoms with van der Waals surface area (Å²) in [4.78, 5) is 30.1. The molecule has 1 aliphatic heterocycles. The first-order valence-corrected chi connectivity index (χ1v) is 11.5. The summed E-state index contributed by atoms with van der Waals surface area (Å²) in [6.45, 7) is 0. The van der Waals surface area contributed by atoms with Crippen molar-refractivity contribution in [1.82, 2.24) is 4.90 Å². The van der Waals surface area contributed by atoms with Crippen LogP contribution in [0.5, 0.6) is 5.75 Å². The lowest BCUT2D eigenvalue weighted by atomic mass is 9.95. The van der Waals surface area contributed by atoms with E-state index in [-0.39, 0.29) is 17.9 Å². The average molecular weight is 422 g/mol. The third kappa shape index (κ3) is 4.31. The van der Waals surface area contributed by atoms with Gasteiger partial charge in [0.15, 0.2) is 0 Å². The zero-order valence-electron chi connectivity index (χ0n) is 17.3. The lowest BCUT2D eigenvalue weighted by molar-refractivity contribution is -0.139. The van der Waals surface area contributed by atoms with Crippen molar-refractivity contribution in [2.24, 2.45) is 0 Å². The highest BCUT2D eigenvalue weighted by molar-refractivity contribution is 8.04. The lowest BCUT2D eigenvalue weighted by Gasteiger charge is -2.28. The lowest BCUT2D eigenvalue weighted by Crippen LogP contribution is -2.41. The Morgan fingerprint density at radius 2 is 1.47 bits per heavy atom. The highest BCUT2D eigenvalue weighted by atomic mass is 32.2. The predicted octanol–water partition coefficient (Wildman–Crippen LogP) is 5.68. The van der Waals surface area contributed by atoms with Gasteiger partial charge in [-0.1, -0.05) is 74.2 Å². The quantitative estimate of drug-likeness (QED) is 0.583. The van der Waals surface area contributed by atoms with Gasteiger partial charge in [0, 0.05) is 10.9 Å². The fourth-order valence-corrected chi connectivity index (χ4v) is 5.29. The number of rotatable bonds is 5. The van der Waals surface area contributed by atoms with Crippen molar-refractivity contribution in [1.29, 1.82) is 0 Å². The first kappa shape index (κ1) is 20.7. The molecule has 0 radical (unpaired) electrons. The molecule has 2 aliphatic rings. The topological polar surface area (TPSA) is 46.6 Å². The Morgan fingerprint density at radius 1 is 0.833 bits per heavy atom. The molecule has 0 unspecified atom stereocenters. The molecule has 0 aromatic heterocycles. The number of hydrogen-bond donors (Lipinski definition) is 0. The second-order valence-corrected chi connectivity index (χ2v) is 8.91. The third-order valence-electron chi connectivity index (χ3n) is 5.85. The van der Waals surface area contributed by atoms with Crippen LogP contribution >= 0.6 is 11.8 Å². The summed E-state index contributed by atoms with van der Waals surface area (Å²) >= 11 is 1.39. The zero-order valence-corrected chi connectivity index (χ0v) is 18.1. The standard InChI is InChI=1S/C25H27NO3S/c1-29-20-16-14-18(15-17-20)22-23(30-21-12-8-5-9-13-21)25(28)26(24(22)27)19-10-6-3-2-4-7-11-19/h5,8-9,12-17,19H,2-4,6-7,10-11H2,1H3. The number of ether oxygens (including phenoxy) is 1. The second kappa shape index (κ2) is 9.52. The smallest absolute Gasteiger partial charge is 0.268 e. The van der Waals surface area contributed by atoms with Crippen LogP contribution < -0.4 is 4.74 Å². The molecule has 0 bridgehead atoms. The number of methoxy groups -OCH3 is 1. The minimum atomic E-state index is -0.158. The summed E-state index contributed by atoms with van der Waals surface area (Å²) in [7, 11) is 1.62. The molecule has 4 rings (SSSR count). The molecular formula is C25H27NO3S. The highest BCUT2D eigenvalue weighted by Gasteiger charge is 2.42. The van der Waals surface area contributed by atoms with Gasteiger partial charge < -0.3 is 4.74 Å². The molecule has 2 aromatic carbocycles. The molecule has 0 saturated heterocycles. The monoisotopic (exact) mass is 421 g/mol. The molecular weight excluding hydrogens is 394 g/mol. The van der Waals surface area contributed by atoms with Crippen molar-refractivity contribution in [2.75, 3.05) is 7.11 Å². The van der Waals surface area contributed by atoms with Crippen LogP contribution in [-0.2, 0) is 9.59 Å². The van der Waals surface area contributed by atoms with Crippen molar-refractivity contribution in [3.63, 3.8) is 0 Å². The van der Waals surface area contributed by atoms with E-state index in [4.69, 9.17) is 4.74 Å². The SMILES string of the molecule is COc1ccc(C2=C(Sc3ccccc3)C(=O)N(C3CCCCCCC3)C2=O)cc1. The maximum absolute atomic E-state index is 13.6. The van der Waals surface area contributed by atoms with E-state index >= 15 is 0 Å². The number of nitrogens with zero attached hydrogens (tertiary/aromatic N) is 1. The van der Waals surface area contributed by atoms with E-state index in [0.717, 1.165) is 41.9 Å². The molecule has 0 spiro atoms. The van der Waals surface area contributed by atoms with Gasteiger partial charge in [-0.3, -0.25) is 14.5 Å². The van der Waals surface area contributed by atoms with E-state index in [0.29, 0.717) is 10.5 Å². The van der Waals surface area contributed by atoms with Gasteiger partial charge in [-0.05, 0) is 42.7 Å². The van der Waals surface area contributed by atoms with Gasteiger partial charge in [-0.2, -0.15) is 0 Å². The summed E-state index contributed by atoms with van der Waals surface area (Å²) in [6.07, 6.45) is 7.54. The molecule has 0 N–H and O–H groups in total.